The minimum Gasteiger partial charge on any atom is -0.465 e. The van der Waals surface area contributed by atoms with Crippen molar-refractivity contribution in [3.8, 4) is 0 Å². The molecule has 59 heavy (non-hydrogen) atoms. The Morgan fingerprint density at radius 2 is 0.678 bits per heavy atom. The normalized spacial score (nSPS) is 11.5. The van der Waals surface area contributed by atoms with E-state index in [1.165, 1.54) is 70.7 Å². The first kappa shape index (κ1) is 44.6. The van der Waals surface area contributed by atoms with Gasteiger partial charge in [0.2, 0.25) is 0 Å². The molecule has 2 unspecified atom stereocenters. The smallest absolute Gasteiger partial charge is 0.338 e. The molecule has 0 aliphatic carbocycles. The van der Waals surface area contributed by atoms with Crippen LogP contribution in [0.3, 0.4) is 0 Å². The van der Waals surface area contributed by atoms with Crippen molar-refractivity contribution in [2.24, 2.45) is 0 Å². The molecule has 0 spiro atoms. The first-order valence-electron chi connectivity index (χ1n) is 18.1. The molecule has 15 heteroatoms. The second kappa shape index (κ2) is 22.0. The summed E-state index contributed by atoms with van der Waals surface area (Å²) in [6.45, 7) is -0.149. The molecule has 2 atom stereocenters. The zero-order valence-electron chi connectivity index (χ0n) is 32.8. The molecule has 0 radical (unpaired) electrons. The summed E-state index contributed by atoms with van der Waals surface area (Å²) in [5, 5.41) is 0. The van der Waals surface area contributed by atoms with Crippen molar-refractivity contribution in [2.45, 2.75) is 44.8 Å². The van der Waals surface area contributed by atoms with Crippen LogP contribution >= 0.6 is 0 Å². The Labute approximate surface area is 339 Å². The highest BCUT2D eigenvalue weighted by Crippen LogP contribution is 2.19. The maximum Gasteiger partial charge on any atom is 0.338 e. The van der Waals surface area contributed by atoms with Crippen molar-refractivity contribution in [1.82, 2.24) is 0 Å². The van der Waals surface area contributed by atoms with Gasteiger partial charge in [-0.2, -0.15) is 0 Å². The van der Waals surface area contributed by atoms with Gasteiger partial charge in [0.1, 0.15) is 13.2 Å². The molecular weight excluding hydrogens is 768 g/mol. The van der Waals surface area contributed by atoms with E-state index in [2.05, 4.69) is 0 Å². The van der Waals surface area contributed by atoms with Gasteiger partial charge in [-0.25, -0.2) is 14.4 Å². The van der Waals surface area contributed by atoms with Crippen LogP contribution in [0.5, 0.6) is 0 Å². The number of carbonyl (C=O) groups excluding carboxylic acids is 8. The van der Waals surface area contributed by atoms with Crippen LogP contribution in [0.1, 0.15) is 70.6 Å². The molecule has 0 N–H and O–H groups in total. The van der Waals surface area contributed by atoms with Crippen molar-refractivity contribution in [3.05, 3.63) is 142 Å². The van der Waals surface area contributed by atoms with Crippen LogP contribution in [0.2, 0.25) is 0 Å². The summed E-state index contributed by atoms with van der Waals surface area (Å²) in [4.78, 5) is 103. The van der Waals surface area contributed by atoms with Crippen molar-refractivity contribution in [2.75, 3.05) is 34.5 Å². The van der Waals surface area contributed by atoms with Crippen LogP contribution in [-0.4, -0.2) is 94.3 Å². The minimum atomic E-state index is -1.63. The number of esters is 7. The number of ether oxygens (including phenoxy) is 7. The predicted octanol–water partition coefficient (Wildman–Crippen LogP) is 4.43. The summed E-state index contributed by atoms with van der Waals surface area (Å²) in [6, 6.07) is 24.8. The largest absolute Gasteiger partial charge is 0.465 e. The summed E-state index contributed by atoms with van der Waals surface area (Å²) in [5.74, 6) is -6.06. The van der Waals surface area contributed by atoms with E-state index < -0.39 is 92.9 Å². The lowest BCUT2D eigenvalue weighted by Gasteiger charge is -2.27. The monoisotopic (exact) mass is 810 g/mol. The number of Topliss-reactive ketones (excluding diaryl/α,β-unsaturated/α-hetero) is 1. The molecule has 4 rings (SSSR count). The molecule has 0 heterocycles. The average Bonchev–Trinajstić information content (AvgIpc) is 3.23. The quantitative estimate of drug-likeness (QED) is 0.0731. The van der Waals surface area contributed by atoms with Crippen molar-refractivity contribution < 1.29 is 71.5 Å². The molecule has 0 amide bonds. The number of methoxy groups -OCH3 is 3. The average molecular weight is 811 g/mol. The third kappa shape index (κ3) is 12.9. The van der Waals surface area contributed by atoms with Gasteiger partial charge in [-0.3, -0.25) is 24.0 Å². The Hall–Kier alpha value is -7.16. The molecular formula is C44H42O15. The molecule has 308 valence electrons. The molecule has 4 aromatic carbocycles. The molecule has 0 aliphatic heterocycles. The van der Waals surface area contributed by atoms with Crippen LogP contribution in [0.15, 0.2) is 97.1 Å². The number of carbonyl (C=O) groups is 8. The van der Waals surface area contributed by atoms with E-state index in [1.807, 2.05) is 0 Å². The van der Waals surface area contributed by atoms with Gasteiger partial charge in [0.25, 0.3) is 0 Å². The summed E-state index contributed by atoms with van der Waals surface area (Å²) in [7, 11) is 3.55. The number of hydrogen-bond acceptors (Lipinski definition) is 15. The Morgan fingerprint density at radius 1 is 0.407 bits per heavy atom. The standard InChI is InChI=1S/C44H42O15/c1-27(45)32-17-9-5-13-28(32)23-40(48)58-36(25-56-38(46)21-29-14-6-10-18-33(29)42(50)53-2)37(59-41(49)24-31-16-8-12-20-35(31)44(52)55-4)26-57-39(47)22-30-15-7-11-19-34(30)43(51)54-3/h5-20,36-37H,21-26H2,1-4H3. The summed E-state index contributed by atoms with van der Waals surface area (Å²) < 4.78 is 37.0. The van der Waals surface area contributed by atoms with E-state index >= 15 is 0 Å². The van der Waals surface area contributed by atoms with Gasteiger partial charge in [-0.15, -0.1) is 0 Å². The van der Waals surface area contributed by atoms with E-state index in [1.54, 1.807) is 54.6 Å². The lowest BCUT2D eigenvalue weighted by Crippen LogP contribution is -2.43. The SMILES string of the molecule is COC(=O)c1ccccc1CC(=O)OCC(OC(=O)Cc1ccccc1C(C)=O)C(COC(=O)Cc1ccccc1C(=O)OC)OC(=O)Cc1ccccc1C(=O)OC. The third-order valence-corrected chi connectivity index (χ3v) is 8.80. The van der Waals surface area contributed by atoms with Crippen LogP contribution in [0, 0.1) is 0 Å². The predicted molar refractivity (Wildman–Crippen MR) is 206 cm³/mol. The molecule has 0 aliphatic rings. The molecule has 0 aromatic heterocycles. The van der Waals surface area contributed by atoms with Gasteiger partial charge in [-0.1, -0.05) is 78.9 Å². The Bertz CT molecular complexity index is 2190. The Morgan fingerprint density at radius 3 is 0.983 bits per heavy atom. The second-order valence-electron chi connectivity index (χ2n) is 12.8. The fourth-order valence-electron chi connectivity index (χ4n) is 5.90. The fourth-order valence-corrected chi connectivity index (χ4v) is 5.90. The van der Waals surface area contributed by atoms with Gasteiger partial charge < -0.3 is 33.2 Å². The van der Waals surface area contributed by atoms with Gasteiger partial charge >= 0.3 is 41.8 Å². The lowest BCUT2D eigenvalue weighted by atomic mass is 10.0. The van der Waals surface area contributed by atoms with Crippen LogP contribution in [-0.2, 0) is 78.0 Å². The first-order chi connectivity index (χ1) is 28.3. The molecule has 15 nitrogen and oxygen atoms in total. The zero-order valence-corrected chi connectivity index (χ0v) is 32.8. The van der Waals surface area contributed by atoms with Gasteiger partial charge in [0.05, 0.1) is 63.7 Å². The second-order valence-corrected chi connectivity index (χ2v) is 12.8. The van der Waals surface area contributed by atoms with Crippen LogP contribution in [0.4, 0.5) is 0 Å². The highest BCUT2D eigenvalue weighted by atomic mass is 16.6. The van der Waals surface area contributed by atoms with E-state index in [0.29, 0.717) is 5.56 Å². The Balaban J connectivity index is 1.66. The number of rotatable bonds is 19. The summed E-state index contributed by atoms with van der Waals surface area (Å²) in [5.41, 5.74) is 1.64. The molecule has 0 fully saturated rings. The molecule has 4 aromatic rings. The highest BCUT2D eigenvalue weighted by molar-refractivity contribution is 5.97. The topological polar surface area (TPSA) is 201 Å². The van der Waals surface area contributed by atoms with E-state index in [-0.39, 0.29) is 44.7 Å². The highest BCUT2D eigenvalue weighted by Gasteiger charge is 2.33. The Kier molecular flexibility index (Phi) is 16.6. The third-order valence-electron chi connectivity index (χ3n) is 8.80. The maximum atomic E-state index is 13.6. The molecule has 0 saturated heterocycles. The van der Waals surface area contributed by atoms with Crippen LogP contribution in [0.25, 0.3) is 0 Å². The number of ketones is 1. The van der Waals surface area contributed by atoms with Crippen molar-refractivity contribution in [3.63, 3.8) is 0 Å². The van der Waals surface area contributed by atoms with E-state index in [9.17, 15) is 38.4 Å². The van der Waals surface area contributed by atoms with Gasteiger partial charge in [0, 0.05) is 5.56 Å². The molecule has 0 saturated carbocycles. The van der Waals surface area contributed by atoms with E-state index in [0.717, 1.165) is 0 Å². The minimum absolute atomic E-state index is 0.0764. The zero-order chi connectivity index (χ0) is 42.9. The van der Waals surface area contributed by atoms with Crippen molar-refractivity contribution in [1.29, 1.82) is 0 Å². The van der Waals surface area contributed by atoms with E-state index in [4.69, 9.17) is 33.2 Å². The van der Waals surface area contributed by atoms with Gasteiger partial charge in [-0.05, 0) is 47.4 Å². The number of hydrogen-bond donors (Lipinski definition) is 0. The lowest BCUT2D eigenvalue weighted by molar-refractivity contribution is -0.181. The summed E-state index contributed by atoms with van der Waals surface area (Å²) >= 11 is 0. The first-order valence-corrected chi connectivity index (χ1v) is 18.1. The van der Waals surface area contributed by atoms with Gasteiger partial charge in [0.15, 0.2) is 18.0 Å². The van der Waals surface area contributed by atoms with Crippen molar-refractivity contribution >= 4 is 47.6 Å². The fraction of sp³-hybridized carbons (Fsp3) is 0.273. The maximum absolute atomic E-state index is 13.6. The van der Waals surface area contributed by atoms with Crippen LogP contribution < -0.4 is 0 Å². The number of benzene rings is 4. The summed E-state index contributed by atoms with van der Waals surface area (Å²) in [6.07, 6.45) is -5.00. The molecule has 0 bridgehead atoms.